The molecular weight excluding hydrogens is 288 g/mol. The standard InChI is InChI=1S/C15H15ClN4O/c1-2-9-17-14-8-7-13(19-20-14)15(21)18-10-11-5-3-4-6-12(11)16/h2-8H,1,9-10H2,(H,17,20)(H,18,21). The van der Waals surface area contributed by atoms with E-state index >= 15 is 0 Å². The van der Waals surface area contributed by atoms with Crippen LogP contribution in [0.2, 0.25) is 5.02 Å². The zero-order valence-electron chi connectivity index (χ0n) is 11.3. The van der Waals surface area contributed by atoms with Crippen LogP contribution in [0, 0.1) is 0 Å². The quantitative estimate of drug-likeness (QED) is 0.805. The number of rotatable bonds is 6. The van der Waals surface area contributed by atoms with Gasteiger partial charge in [0.2, 0.25) is 0 Å². The van der Waals surface area contributed by atoms with Gasteiger partial charge in [-0.1, -0.05) is 35.9 Å². The average molecular weight is 303 g/mol. The Kier molecular flexibility index (Phi) is 5.29. The second kappa shape index (κ2) is 7.40. The van der Waals surface area contributed by atoms with Gasteiger partial charge < -0.3 is 10.6 Å². The van der Waals surface area contributed by atoms with Crippen molar-refractivity contribution in [3.05, 3.63) is 65.3 Å². The molecule has 0 spiro atoms. The van der Waals surface area contributed by atoms with Crippen LogP contribution in [0.1, 0.15) is 16.1 Å². The first kappa shape index (κ1) is 15.0. The van der Waals surface area contributed by atoms with Gasteiger partial charge in [0, 0.05) is 18.1 Å². The Bertz CT molecular complexity index is 628. The van der Waals surface area contributed by atoms with Crippen LogP contribution >= 0.6 is 11.6 Å². The highest BCUT2D eigenvalue weighted by Gasteiger charge is 2.08. The minimum absolute atomic E-state index is 0.256. The van der Waals surface area contributed by atoms with Crippen molar-refractivity contribution in [2.24, 2.45) is 0 Å². The molecule has 0 atom stereocenters. The zero-order valence-corrected chi connectivity index (χ0v) is 12.1. The molecule has 0 aliphatic heterocycles. The summed E-state index contributed by atoms with van der Waals surface area (Å²) in [5.74, 6) is 0.301. The third-order valence-electron chi connectivity index (χ3n) is 2.72. The molecule has 6 heteroatoms. The lowest BCUT2D eigenvalue weighted by atomic mass is 10.2. The normalized spacial score (nSPS) is 9.95. The lowest BCUT2D eigenvalue weighted by Crippen LogP contribution is -2.24. The summed E-state index contributed by atoms with van der Waals surface area (Å²) in [5, 5.41) is 14.1. The molecular formula is C15H15ClN4O. The van der Waals surface area contributed by atoms with Crippen molar-refractivity contribution in [2.75, 3.05) is 11.9 Å². The Morgan fingerprint density at radius 1 is 1.24 bits per heavy atom. The maximum Gasteiger partial charge on any atom is 0.272 e. The molecule has 21 heavy (non-hydrogen) atoms. The van der Waals surface area contributed by atoms with Crippen molar-refractivity contribution in [1.82, 2.24) is 15.5 Å². The largest absolute Gasteiger partial charge is 0.365 e. The van der Waals surface area contributed by atoms with Gasteiger partial charge in [0.05, 0.1) is 0 Å². The average Bonchev–Trinajstić information content (AvgIpc) is 2.52. The smallest absolute Gasteiger partial charge is 0.272 e. The summed E-state index contributed by atoms with van der Waals surface area (Å²) in [5.41, 5.74) is 1.11. The minimum atomic E-state index is -0.294. The number of benzene rings is 1. The van der Waals surface area contributed by atoms with Gasteiger partial charge in [0.25, 0.3) is 5.91 Å². The number of amides is 1. The van der Waals surface area contributed by atoms with E-state index in [1.54, 1.807) is 24.3 Å². The Labute approximate surface area is 128 Å². The number of anilines is 1. The molecule has 0 saturated heterocycles. The van der Waals surface area contributed by atoms with Gasteiger partial charge >= 0.3 is 0 Å². The van der Waals surface area contributed by atoms with E-state index < -0.39 is 0 Å². The summed E-state index contributed by atoms with van der Waals surface area (Å²) < 4.78 is 0. The van der Waals surface area contributed by atoms with Crippen LogP contribution in [0.3, 0.4) is 0 Å². The highest BCUT2D eigenvalue weighted by atomic mass is 35.5. The molecule has 0 aliphatic carbocycles. The van der Waals surface area contributed by atoms with E-state index in [1.807, 2.05) is 18.2 Å². The maximum atomic E-state index is 12.0. The second-order valence-corrected chi connectivity index (χ2v) is 4.65. The first-order valence-corrected chi connectivity index (χ1v) is 6.78. The molecule has 0 radical (unpaired) electrons. The summed E-state index contributed by atoms with van der Waals surface area (Å²) in [4.78, 5) is 12.0. The van der Waals surface area contributed by atoms with E-state index in [1.165, 1.54) is 0 Å². The highest BCUT2D eigenvalue weighted by molar-refractivity contribution is 6.31. The van der Waals surface area contributed by atoms with Crippen LogP contribution in [0.5, 0.6) is 0 Å². The molecule has 0 aliphatic rings. The maximum absolute atomic E-state index is 12.0. The van der Waals surface area contributed by atoms with E-state index in [9.17, 15) is 4.79 Å². The van der Waals surface area contributed by atoms with Crippen molar-refractivity contribution >= 4 is 23.3 Å². The number of aromatic nitrogens is 2. The molecule has 1 aromatic heterocycles. The number of hydrogen-bond acceptors (Lipinski definition) is 4. The van der Waals surface area contributed by atoms with E-state index in [0.717, 1.165) is 5.56 Å². The van der Waals surface area contributed by atoms with Crippen LogP contribution in [0.15, 0.2) is 49.1 Å². The molecule has 2 N–H and O–H groups in total. The molecule has 1 aromatic carbocycles. The SMILES string of the molecule is C=CCNc1ccc(C(=O)NCc2ccccc2Cl)nn1. The van der Waals surface area contributed by atoms with E-state index in [4.69, 9.17) is 11.6 Å². The molecule has 2 rings (SSSR count). The van der Waals surface area contributed by atoms with Crippen molar-refractivity contribution in [3.8, 4) is 0 Å². The fourth-order valence-corrected chi connectivity index (χ4v) is 1.83. The summed E-state index contributed by atoms with van der Waals surface area (Å²) in [6, 6.07) is 10.7. The lowest BCUT2D eigenvalue weighted by molar-refractivity contribution is 0.0945. The molecule has 0 unspecified atom stereocenters. The van der Waals surface area contributed by atoms with E-state index in [-0.39, 0.29) is 11.6 Å². The highest BCUT2D eigenvalue weighted by Crippen LogP contribution is 2.14. The Morgan fingerprint density at radius 3 is 2.71 bits per heavy atom. The topological polar surface area (TPSA) is 66.9 Å². The first-order chi connectivity index (χ1) is 10.2. The van der Waals surface area contributed by atoms with Crippen LogP contribution < -0.4 is 10.6 Å². The predicted octanol–water partition coefficient (Wildman–Crippen LogP) is 2.66. The number of carbonyl (C=O) groups excluding carboxylic acids is 1. The monoisotopic (exact) mass is 302 g/mol. The molecule has 0 fully saturated rings. The van der Waals surface area contributed by atoms with Gasteiger partial charge in [-0.05, 0) is 23.8 Å². The number of nitrogens with zero attached hydrogens (tertiary/aromatic N) is 2. The zero-order chi connectivity index (χ0) is 15.1. The third-order valence-corrected chi connectivity index (χ3v) is 3.09. The number of hydrogen-bond donors (Lipinski definition) is 2. The molecule has 108 valence electrons. The third kappa shape index (κ3) is 4.29. The van der Waals surface area contributed by atoms with Crippen LogP contribution in [0.25, 0.3) is 0 Å². The summed E-state index contributed by atoms with van der Waals surface area (Å²) in [6.45, 7) is 4.53. The molecule has 5 nitrogen and oxygen atoms in total. The Hall–Kier alpha value is -2.40. The van der Waals surface area contributed by atoms with Crippen LogP contribution in [-0.2, 0) is 6.54 Å². The van der Waals surface area contributed by atoms with Crippen molar-refractivity contribution in [1.29, 1.82) is 0 Å². The van der Waals surface area contributed by atoms with Crippen molar-refractivity contribution in [2.45, 2.75) is 6.54 Å². The van der Waals surface area contributed by atoms with Crippen molar-refractivity contribution < 1.29 is 4.79 Å². The van der Waals surface area contributed by atoms with Crippen LogP contribution in [-0.4, -0.2) is 22.6 Å². The number of carbonyl (C=O) groups is 1. The van der Waals surface area contributed by atoms with E-state index in [2.05, 4.69) is 27.4 Å². The van der Waals surface area contributed by atoms with Crippen LogP contribution in [0.4, 0.5) is 5.82 Å². The van der Waals surface area contributed by atoms with Gasteiger partial charge in [0.1, 0.15) is 5.82 Å². The first-order valence-electron chi connectivity index (χ1n) is 6.41. The lowest BCUT2D eigenvalue weighted by Gasteiger charge is -2.06. The molecule has 1 amide bonds. The summed E-state index contributed by atoms with van der Waals surface area (Å²) in [6.07, 6.45) is 1.71. The molecule has 0 saturated carbocycles. The van der Waals surface area contributed by atoms with E-state index in [0.29, 0.717) is 23.9 Å². The van der Waals surface area contributed by atoms with Crippen molar-refractivity contribution in [3.63, 3.8) is 0 Å². The Balaban J connectivity index is 1.94. The summed E-state index contributed by atoms with van der Waals surface area (Å²) >= 11 is 6.03. The molecule has 2 aromatic rings. The fraction of sp³-hybridized carbons (Fsp3) is 0.133. The van der Waals surface area contributed by atoms with Gasteiger partial charge in [0.15, 0.2) is 5.69 Å². The van der Waals surface area contributed by atoms with Gasteiger partial charge in [-0.25, -0.2) is 0 Å². The Morgan fingerprint density at radius 2 is 2.05 bits per heavy atom. The summed E-state index contributed by atoms with van der Waals surface area (Å²) in [7, 11) is 0. The van der Waals surface area contributed by atoms with Gasteiger partial charge in [-0.15, -0.1) is 16.8 Å². The number of nitrogens with one attached hydrogen (secondary N) is 2. The van der Waals surface area contributed by atoms with Gasteiger partial charge in [-0.2, -0.15) is 0 Å². The van der Waals surface area contributed by atoms with Gasteiger partial charge in [-0.3, -0.25) is 4.79 Å². The minimum Gasteiger partial charge on any atom is -0.365 e. The molecule has 1 heterocycles. The fourth-order valence-electron chi connectivity index (χ4n) is 1.63. The predicted molar refractivity (Wildman–Crippen MR) is 83.3 cm³/mol. The molecule has 0 bridgehead atoms. The second-order valence-electron chi connectivity index (χ2n) is 4.25. The number of halogens is 1.